The third kappa shape index (κ3) is 1.51. The maximum atomic E-state index is 12.3. The number of hydrogen-bond donors (Lipinski definition) is 1. The van der Waals surface area contributed by atoms with E-state index < -0.39 is 11.1 Å². The van der Waals surface area contributed by atoms with E-state index in [2.05, 4.69) is 0 Å². The summed E-state index contributed by atoms with van der Waals surface area (Å²) in [7, 11) is 0. The van der Waals surface area contributed by atoms with Gasteiger partial charge in [0, 0.05) is 11.1 Å². The van der Waals surface area contributed by atoms with Gasteiger partial charge in [-0.25, -0.2) is 5.06 Å². The second-order valence-corrected chi connectivity index (χ2v) is 5.57. The summed E-state index contributed by atoms with van der Waals surface area (Å²) >= 11 is 0. The first-order valence-corrected chi connectivity index (χ1v) is 5.80. The van der Waals surface area contributed by atoms with Gasteiger partial charge in [-0.2, -0.15) is 0 Å². The molecule has 18 heavy (non-hydrogen) atoms. The summed E-state index contributed by atoms with van der Waals surface area (Å²) in [5.74, 6) is 0.0443. The Labute approximate surface area is 106 Å². The van der Waals surface area contributed by atoms with Crippen LogP contribution in [0.5, 0.6) is 0 Å². The van der Waals surface area contributed by atoms with Gasteiger partial charge in [-0.15, -0.1) is 0 Å². The number of rotatable bonds is 0. The van der Waals surface area contributed by atoms with Crippen molar-refractivity contribution in [3.8, 4) is 0 Å². The molecule has 1 heterocycles. The molecule has 0 unspecified atom stereocenters. The van der Waals surface area contributed by atoms with Crippen LogP contribution in [-0.2, 0) is 4.79 Å². The van der Waals surface area contributed by atoms with E-state index in [-0.39, 0.29) is 11.6 Å². The van der Waals surface area contributed by atoms with Crippen molar-refractivity contribution in [1.29, 1.82) is 0 Å². The largest absolute Gasteiger partial charge is 0.757 e. The molecular weight excluding hydrogens is 232 g/mol. The van der Waals surface area contributed by atoms with Crippen molar-refractivity contribution in [3.63, 3.8) is 0 Å². The second kappa shape index (κ2) is 3.70. The minimum atomic E-state index is -0.771. The molecule has 1 N–H and O–H groups in total. The van der Waals surface area contributed by atoms with Gasteiger partial charge in [0.1, 0.15) is 5.82 Å². The zero-order valence-electron chi connectivity index (χ0n) is 11.0. The number of nitrogens with zero attached hydrogens (tertiary/aromatic N) is 2. The predicted octanol–water partition coefficient (Wildman–Crippen LogP) is 1.95. The third-order valence-corrected chi connectivity index (χ3v) is 4.04. The number of carbonyl (C=O) groups is 1. The zero-order chi connectivity index (χ0) is 13.7. The van der Waals surface area contributed by atoms with Gasteiger partial charge in [0.05, 0.1) is 5.54 Å². The van der Waals surface area contributed by atoms with Crippen molar-refractivity contribution in [1.82, 2.24) is 10.1 Å². The van der Waals surface area contributed by atoms with Crippen LogP contribution in [0.3, 0.4) is 0 Å². The van der Waals surface area contributed by atoms with E-state index in [9.17, 15) is 15.2 Å². The molecule has 2 rings (SSSR count). The van der Waals surface area contributed by atoms with Crippen LogP contribution in [0.4, 0.5) is 0 Å². The lowest BCUT2D eigenvalue weighted by molar-refractivity contribution is -0.123. The van der Waals surface area contributed by atoms with Crippen LogP contribution in [0.1, 0.15) is 27.7 Å². The SMILES string of the molecule is CC1(C)N([O-])C(=C2C=CC(=O)C=C2)N(O)C1(C)C. The van der Waals surface area contributed by atoms with E-state index in [1.54, 1.807) is 39.8 Å². The Bertz CT molecular complexity index is 446. The topological polar surface area (TPSA) is 66.8 Å². The number of allylic oxidation sites excluding steroid dienone is 5. The molecule has 5 nitrogen and oxygen atoms in total. The number of hydrogen-bond acceptors (Lipinski definition) is 5. The Morgan fingerprint density at radius 3 is 1.94 bits per heavy atom. The van der Waals surface area contributed by atoms with E-state index in [1.165, 1.54) is 12.2 Å². The highest BCUT2D eigenvalue weighted by Crippen LogP contribution is 2.45. The highest BCUT2D eigenvalue weighted by molar-refractivity contribution is 6.01. The Hall–Kier alpha value is -1.59. The number of hydroxylamine groups is 4. The van der Waals surface area contributed by atoms with Crippen LogP contribution in [-0.4, -0.2) is 32.2 Å². The van der Waals surface area contributed by atoms with Gasteiger partial charge in [0.15, 0.2) is 5.78 Å². The lowest BCUT2D eigenvalue weighted by Crippen LogP contribution is -2.52. The molecule has 2 aliphatic rings. The van der Waals surface area contributed by atoms with Crippen LogP contribution in [0, 0.1) is 5.21 Å². The van der Waals surface area contributed by atoms with E-state index in [4.69, 9.17) is 0 Å². The minimum Gasteiger partial charge on any atom is -0.757 e. The maximum absolute atomic E-state index is 12.3. The number of ketones is 1. The summed E-state index contributed by atoms with van der Waals surface area (Å²) < 4.78 is 0. The van der Waals surface area contributed by atoms with Crippen molar-refractivity contribution < 1.29 is 10.0 Å². The zero-order valence-corrected chi connectivity index (χ0v) is 11.0. The Morgan fingerprint density at radius 2 is 1.56 bits per heavy atom. The smallest absolute Gasteiger partial charge is 0.178 e. The fourth-order valence-electron chi connectivity index (χ4n) is 1.97. The fraction of sp³-hybridized carbons (Fsp3) is 0.462. The number of carbonyl (C=O) groups excluding carboxylic acids is 1. The molecule has 0 saturated carbocycles. The van der Waals surface area contributed by atoms with Crippen molar-refractivity contribution >= 4 is 5.78 Å². The van der Waals surface area contributed by atoms with E-state index >= 15 is 0 Å². The molecule has 0 aromatic carbocycles. The Kier molecular flexibility index (Phi) is 2.64. The van der Waals surface area contributed by atoms with Crippen LogP contribution < -0.4 is 0 Å². The average molecular weight is 249 g/mol. The first kappa shape index (κ1) is 12.9. The molecule has 5 heteroatoms. The standard InChI is InChI=1S/C13H17N2O3/c1-12(2)13(3,4)15(18)11(14(12)17)9-5-7-10(16)8-6-9/h5-8,17H,1-4H3/q-1. The first-order chi connectivity index (χ1) is 8.19. The van der Waals surface area contributed by atoms with Gasteiger partial charge in [0.25, 0.3) is 0 Å². The minimum absolute atomic E-state index is 0.127. The molecule has 0 atom stereocenters. The van der Waals surface area contributed by atoms with Gasteiger partial charge < -0.3 is 10.3 Å². The molecule has 1 fully saturated rings. The molecule has 0 spiro atoms. The van der Waals surface area contributed by atoms with Crippen LogP contribution in [0.2, 0.25) is 0 Å². The van der Waals surface area contributed by atoms with Crippen molar-refractivity contribution in [3.05, 3.63) is 40.9 Å². The molecule has 0 amide bonds. The maximum Gasteiger partial charge on any atom is 0.178 e. The molecule has 1 aliphatic heterocycles. The molecule has 0 bridgehead atoms. The van der Waals surface area contributed by atoms with E-state index in [0.29, 0.717) is 5.57 Å². The highest BCUT2D eigenvalue weighted by atomic mass is 16.6. The van der Waals surface area contributed by atoms with Gasteiger partial charge >= 0.3 is 0 Å². The average Bonchev–Trinajstić information content (AvgIpc) is 2.41. The van der Waals surface area contributed by atoms with E-state index in [1.807, 2.05) is 0 Å². The molecule has 1 saturated heterocycles. The molecule has 98 valence electrons. The molecule has 1 aliphatic carbocycles. The normalized spacial score (nSPS) is 25.3. The van der Waals surface area contributed by atoms with Gasteiger partial charge in [0.2, 0.25) is 0 Å². The van der Waals surface area contributed by atoms with E-state index in [0.717, 1.165) is 10.1 Å². The summed E-state index contributed by atoms with van der Waals surface area (Å²) in [6.45, 7) is 7.15. The Morgan fingerprint density at radius 1 is 1.06 bits per heavy atom. The van der Waals surface area contributed by atoms with Crippen molar-refractivity contribution in [2.24, 2.45) is 0 Å². The van der Waals surface area contributed by atoms with Crippen molar-refractivity contribution in [2.45, 2.75) is 38.8 Å². The molecule has 0 aromatic rings. The molecule has 0 radical (unpaired) electrons. The van der Waals surface area contributed by atoms with Crippen LogP contribution in [0.25, 0.3) is 0 Å². The van der Waals surface area contributed by atoms with Crippen molar-refractivity contribution in [2.75, 3.05) is 0 Å². The van der Waals surface area contributed by atoms with Crippen LogP contribution in [0.15, 0.2) is 35.7 Å². The summed E-state index contributed by atoms with van der Waals surface area (Å²) in [4.78, 5) is 11.1. The monoisotopic (exact) mass is 249 g/mol. The fourth-order valence-corrected chi connectivity index (χ4v) is 1.97. The molecular formula is C13H17N2O3-. The van der Waals surface area contributed by atoms with Gasteiger partial charge in [-0.05, 0) is 52.0 Å². The lowest BCUT2D eigenvalue weighted by Gasteiger charge is -2.44. The third-order valence-electron chi connectivity index (χ3n) is 4.04. The summed E-state index contributed by atoms with van der Waals surface area (Å²) in [6.07, 6.45) is 5.84. The summed E-state index contributed by atoms with van der Waals surface area (Å²) in [5.41, 5.74) is -0.960. The predicted molar refractivity (Wildman–Crippen MR) is 67.3 cm³/mol. The summed E-state index contributed by atoms with van der Waals surface area (Å²) in [6, 6.07) is 0. The molecule has 0 aromatic heterocycles. The van der Waals surface area contributed by atoms with Crippen LogP contribution >= 0.6 is 0 Å². The first-order valence-electron chi connectivity index (χ1n) is 5.80. The summed E-state index contributed by atoms with van der Waals surface area (Å²) in [5, 5.41) is 24.3. The van der Waals surface area contributed by atoms with Gasteiger partial charge in [-0.1, -0.05) is 0 Å². The highest BCUT2D eigenvalue weighted by Gasteiger charge is 2.51. The van der Waals surface area contributed by atoms with Gasteiger partial charge in [-0.3, -0.25) is 10.0 Å². The Balaban J connectivity index is 2.54. The quantitative estimate of drug-likeness (QED) is 0.710. The lowest BCUT2D eigenvalue weighted by atomic mass is 9.84. The second-order valence-electron chi connectivity index (χ2n) is 5.57.